The van der Waals surface area contributed by atoms with Gasteiger partial charge in [0.05, 0.1) is 17.4 Å². The number of nitrogens with one attached hydrogen (secondary N) is 2. The summed E-state index contributed by atoms with van der Waals surface area (Å²) in [4.78, 5) is 14.4. The summed E-state index contributed by atoms with van der Waals surface area (Å²) in [5.74, 6) is -1.02. The van der Waals surface area contributed by atoms with Gasteiger partial charge in [0.2, 0.25) is 10.0 Å². The Morgan fingerprint density at radius 1 is 1.00 bits per heavy atom. The van der Waals surface area contributed by atoms with Crippen molar-refractivity contribution in [2.24, 2.45) is 5.92 Å². The van der Waals surface area contributed by atoms with E-state index in [1.54, 1.807) is 13.8 Å². The second-order valence-corrected chi connectivity index (χ2v) is 10.7. The van der Waals surface area contributed by atoms with Gasteiger partial charge in [-0.15, -0.1) is 0 Å². The Labute approximate surface area is 188 Å². The molecule has 13 heteroatoms. The molecule has 2 rings (SSSR count). The summed E-state index contributed by atoms with van der Waals surface area (Å²) in [6.45, 7) is 5.29. The quantitative estimate of drug-likeness (QED) is 0.559. The molecule has 1 aromatic rings. The zero-order chi connectivity index (χ0) is 25.2. The monoisotopic (exact) mass is 503 g/mol. The van der Waals surface area contributed by atoms with Crippen LogP contribution in [0.1, 0.15) is 48.2 Å². The van der Waals surface area contributed by atoms with Crippen LogP contribution in [-0.4, -0.2) is 57.2 Å². The van der Waals surface area contributed by atoms with Crippen LogP contribution < -0.4 is 10.0 Å². The standard InChI is InChI=1S/C20H27F6N3O3S/c1-18(2,28-33(3,31)32)12-29-6-4-13(5-7-29)11-27-17(30)14-8-15(19(21,22)23)10-16(9-14)20(24,25)26/h8-10,13,28H,4-7,11-12H2,1-3H3,(H,27,30). The third kappa shape index (κ3) is 8.78. The zero-order valence-electron chi connectivity index (χ0n) is 18.4. The maximum Gasteiger partial charge on any atom is 0.416 e. The summed E-state index contributed by atoms with van der Waals surface area (Å²) < 4.78 is 103. The van der Waals surface area contributed by atoms with Gasteiger partial charge in [0.25, 0.3) is 5.91 Å². The third-order valence-corrected chi connectivity index (χ3v) is 6.11. The van der Waals surface area contributed by atoms with Crippen LogP contribution in [0.15, 0.2) is 18.2 Å². The maximum absolute atomic E-state index is 13.0. The van der Waals surface area contributed by atoms with Crippen molar-refractivity contribution in [1.29, 1.82) is 0 Å². The molecule has 1 saturated heterocycles. The fourth-order valence-corrected chi connectivity index (χ4v) is 4.94. The smallest absolute Gasteiger partial charge is 0.352 e. The molecule has 1 amide bonds. The second-order valence-electron chi connectivity index (χ2n) is 8.98. The van der Waals surface area contributed by atoms with Crippen molar-refractivity contribution in [1.82, 2.24) is 14.9 Å². The molecule has 1 aliphatic rings. The first-order chi connectivity index (χ1) is 14.9. The molecule has 1 heterocycles. The molecule has 0 bridgehead atoms. The molecule has 0 unspecified atom stereocenters. The average molecular weight is 504 g/mol. The normalized spacial score (nSPS) is 17.2. The maximum atomic E-state index is 13.0. The van der Waals surface area contributed by atoms with Crippen LogP contribution in [-0.2, 0) is 22.4 Å². The molecule has 2 N–H and O–H groups in total. The highest BCUT2D eigenvalue weighted by atomic mass is 32.2. The summed E-state index contributed by atoms with van der Waals surface area (Å²) in [5, 5.41) is 2.44. The van der Waals surface area contributed by atoms with E-state index in [2.05, 4.69) is 14.9 Å². The number of alkyl halides is 6. The second kappa shape index (κ2) is 9.79. The Hall–Kier alpha value is -1.86. The van der Waals surface area contributed by atoms with E-state index >= 15 is 0 Å². The van der Waals surface area contributed by atoms with E-state index in [4.69, 9.17) is 0 Å². The Bertz CT molecular complexity index is 921. The van der Waals surface area contributed by atoms with Crippen molar-refractivity contribution < 1.29 is 39.6 Å². The first-order valence-electron chi connectivity index (χ1n) is 10.1. The largest absolute Gasteiger partial charge is 0.416 e. The van der Waals surface area contributed by atoms with E-state index in [9.17, 15) is 39.6 Å². The molecule has 6 nitrogen and oxygen atoms in total. The molecule has 1 aromatic carbocycles. The van der Waals surface area contributed by atoms with Crippen molar-refractivity contribution in [3.63, 3.8) is 0 Å². The SMILES string of the molecule is CC(C)(CN1CCC(CNC(=O)c2cc(C(F)(F)F)cc(C(F)(F)F)c2)CC1)NS(C)(=O)=O. The number of likely N-dealkylation sites (tertiary alicyclic amines) is 1. The molecule has 0 radical (unpaired) electrons. The fraction of sp³-hybridized carbons (Fsp3) is 0.650. The van der Waals surface area contributed by atoms with Gasteiger partial charge in [-0.1, -0.05) is 0 Å². The van der Waals surface area contributed by atoms with Crippen LogP contribution in [0, 0.1) is 5.92 Å². The van der Waals surface area contributed by atoms with Gasteiger partial charge in [-0.05, 0) is 63.9 Å². The highest BCUT2D eigenvalue weighted by Gasteiger charge is 2.37. The molecule has 0 aliphatic carbocycles. The molecule has 1 aliphatic heterocycles. The minimum atomic E-state index is -5.02. The number of halogens is 6. The summed E-state index contributed by atoms with van der Waals surface area (Å²) in [6, 6.07) is 0.792. The van der Waals surface area contributed by atoms with E-state index in [0.717, 1.165) is 6.26 Å². The molecule has 33 heavy (non-hydrogen) atoms. The molecule has 0 saturated carbocycles. The van der Waals surface area contributed by atoms with Gasteiger partial charge >= 0.3 is 12.4 Å². The van der Waals surface area contributed by atoms with E-state index in [1.165, 1.54) is 0 Å². The van der Waals surface area contributed by atoms with E-state index < -0.39 is 50.5 Å². The van der Waals surface area contributed by atoms with Crippen LogP contribution in [0.4, 0.5) is 26.3 Å². The summed E-state index contributed by atoms with van der Waals surface area (Å²) in [5.41, 5.74) is -4.47. The number of nitrogens with zero attached hydrogens (tertiary/aromatic N) is 1. The van der Waals surface area contributed by atoms with Crippen LogP contribution >= 0.6 is 0 Å². The van der Waals surface area contributed by atoms with E-state index in [1.807, 2.05) is 0 Å². The van der Waals surface area contributed by atoms with Crippen LogP contribution in [0.2, 0.25) is 0 Å². The zero-order valence-corrected chi connectivity index (χ0v) is 19.2. The van der Waals surface area contributed by atoms with Gasteiger partial charge in [-0.25, -0.2) is 13.1 Å². The van der Waals surface area contributed by atoms with Crippen LogP contribution in [0.3, 0.4) is 0 Å². The van der Waals surface area contributed by atoms with Crippen molar-refractivity contribution in [3.8, 4) is 0 Å². The number of hydrogen-bond acceptors (Lipinski definition) is 4. The number of carbonyl (C=O) groups is 1. The minimum Gasteiger partial charge on any atom is -0.352 e. The molecule has 188 valence electrons. The number of piperidine rings is 1. The Balaban J connectivity index is 1.96. The molecule has 0 spiro atoms. The van der Waals surface area contributed by atoms with E-state index in [0.29, 0.717) is 44.6 Å². The average Bonchev–Trinajstić information content (AvgIpc) is 2.63. The number of rotatable bonds is 7. The highest BCUT2D eigenvalue weighted by molar-refractivity contribution is 7.88. The first kappa shape index (κ1) is 27.4. The first-order valence-corrected chi connectivity index (χ1v) is 12.0. The number of carbonyl (C=O) groups excluding carboxylic acids is 1. The molecule has 0 atom stereocenters. The Morgan fingerprint density at radius 3 is 1.91 bits per heavy atom. The minimum absolute atomic E-state index is 0.0101. The van der Waals surface area contributed by atoms with Gasteiger partial charge in [0.1, 0.15) is 0 Å². The third-order valence-electron chi connectivity index (χ3n) is 5.19. The lowest BCUT2D eigenvalue weighted by molar-refractivity contribution is -0.143. The van der Waals surface area contributed by atoms with Gasteiger partial charge in [-0.2, -0.15) is 26.3 Å². The van der Waals surface area contributed by atoms with Gasteiger partial charge in [0.15, 0.2) is 0 Å². The lowest BCUT2D eigenvalue weighted by Crippen LogP contribution is -2.52. The van der Waals surface area contributed by atoms with Gasteiger partial charge in [-0.3, -0.25) is 4.79 Å². The lowest BCUT2D eigenvalue weighted by atomic mass is 9.95. The number of hydrogen-bond donors (Lipinski definition) is 2. The Kier molecular flexibility index (Phi) is 8.12. The lowest BCUT2D eigenvalue weighted by Gasteiger charge is -2.37. The summed E-state index contributed by atoms with van der Waals surface area (Å²) in [7, 11) is -3.38. The highest BCUT2D eigenvalue weighted by Crippen LogP contribution is 2.36. The van der Waals surface area contributed by atoms with Crippen molar-refractivity contribution in [2.75, 3.05) is 32.4 Å². The molecule has 0 aromatic heterocycles. The van der Waals surface area contributed by atoms with Crippen molar-refractivity contribution in [2.45, 2.75) is 44.6 Å². The number of benzene rings is 1. The van der Waals surface area contributed by atoms with Gasteiger partial charge in [0, 0.05) is 24.2 Å². The fourth-order valence-electron chi connectivity index (χ4n) is 3.87. The molecular formula is C20H27F6N3O3S. The molecule has 1 fully saturated rings. The van der Waals surface area contributed by atoms with Crippen molar-refractivity contribution in [3.05, 3.63) is 34.9 Å². The van der Waals surface area contributed by atoms with Gasteiger partial charge < -0.3 is 10.2 Å². The topological polar surface area (TPSA) is 78.5 Å². The van der Waals surface area contributed by atoms with Crippen LogP contribution in [0.5, 0.6) is 0 Å². The number of amides is 1. The summed E-state index contributed by atoms with van der Waals surface area (Å²) in [6.07, 6.45) is -7.71. The van der Waals surface area contributed by atoms with Crippen molar-refractivity contribution >= 4 is 15.9 Å². The molecular weight excluding hydrogens is 476 g/mol. The van der Waals surface area contributed by atoms with E-state index in [-0.39, 0.29) is 18.5 Å². The predicted molar refractivity (Wildman–Crippen MR) is 110 cm³/mol. The Morgan fingerprint density at radius 2 is 1.48 bits per heavy atom. The number of sulfonamides is 1. The summed E-state index contributed by atoms with van der Waals surface area (Å²) >= 11 is 0. The predicted octanol–water partition coefficient (Wildman–Crippen LogP) is 3.49. The van der Waals surface area contributed by atoms with Crippen LogP contribution in [0.25, 0.3) is 0 Å².